The van der Waals surface area contributed by atoms with Gasteiger partial charge in [-0.2, -0.15) is 5.26 Å². The molecular formula is C9H13N4O6P. The quantitative estimate of drug-likeness (QED) is 0.570. The zero-order chi connectivity index (χ0) is 14.9. The number of nitriles is 1. The Labute approximate surface area is 113 Å². The van der Waals surface area contributed by atoms with Crippen LogP contribution in [0.4, 0.5) is 0 Å². The number of hydrogen-bond acceptors (Lipinski definition) is 8. The molecule has 2 rings (SSSR count). The van der Waals surface area contributed by atoms with Crippen molar-refractivity contribution < 1.29 is 28.9 Å². The zero-order valence-electron chi connectivity index (χ0n) is 10.4. The van der Waals surface area contributed by atoms with Gasteiger partial charge in [-0.3, -0.25) is 4.57 Å². The monoisotopic (exact) mass is 304 g/mol. The van der Waals surface area contributed by atoms with Crippen LogP contribution in [0.2, 0.25) is 0 Å². The lowest BCUT2D eigenvalue weighted by Crippen LogP contribution is -2.33. The molecule has 1 aromatic rings. The molecule has 2 heterocycles. The molecule has 10 nitrogen and oxygen atoms in total. The molecule has 20 heavy (non-hydrogen) atoms. The Kier molecular flexibility index (Phi) is 4.19. The van der Waals surface area contributed by atoms with Crippen molar-refractivity contribution in [2.24, 2.45) is 0 Å². The summed E-state index contributed by atoms with van der Waals surface area (Å²) < 4.78 is 22.1. The topological polar surface area (TPSA) is 151 Å². The third kappa shape index (κ3) is 3.21. The van der Waals surface area contributed by atoms with E-state index < -0.39 is 32.1 Å². The fourth-order valence-corrected chi connectivity index (χ4v) is 2.17. The van der Waals surface area contributed by atoms with Crippen molar-refractivity contribution in [3.05, 3.63) is 12.2 Å². The Morgan fingerprint density at radius 1 is 1.60 bits per heavy atom. The van der Waals surface area contributed by atoms with Crippen LogP contribution in [0.5, 0.6) is 0 Å². The second kappa shape index (κ2) is 5.57. The molecule has 1 fully saturated rings. The minimum absolute atomic E-state index is 0.108. The van der Waals surface area contributed by atoms with Crippen LogP contribution in [-0.4, -0.2) is 61.5 Å². The molecule has 1 aliphatic heterocycles. The lowest BCUT2D eigenvalue weighted by molar-refractivity contribution is -0.0563. The lowest BCUT2D eigenvalue weighted by Gasteiger charge is -2.15. The molecule has 11 heteroatoms. The first-order valence-electron chi connectivity index (χ1n) is 5.59. The average Bonchev–Trinajstić information content (AvgIpc) is 2.94. The molecular weight excluding hydrogens is 291 g/mol. The summed E-state index contributed by atoms with van der Waals surface area (Å²) in [5.41, 5.74) is 0. The molecule has 0 spiro atoms. The van der Waals surface area contributed by atoms with Gasteiger partial charge in [0.2, 0.25) is 0 Å². The zero-order valence-corrected chi connectivity index (χ0v) is 11.3. The number of aliphatic hydroxyl groups excluding tert-OH is 2. The van der Waals surface area contributed by atoms with Crippen molar-refractivity contribution in [2.45, 2.75) is 24.5 Å². The first-order valence-corrected chi connectivity index (χ1v) is 7.62. The Balaban J connectivity index is 2.07. The third-order valence-corrected chi connectivity index (χ3v) is 3.31. The highest BCUT2D eigenvalue weighted by Gasteiger charge is 2.44. The summed E-state index contributed by atoms with van der Waals surface area (Å²) in [7, 11) is -3.71. The highest BCUT2D eigenvalue weighted by atomic mass is 31.2. The molecule has 0 aromatic carbocycles. The number of hydrogen-bond donors (Lipinski definition) is 3. The summed E-state index contributed by atoms with van der Waals surface area (Å²) >= 11 is 0. The predicted octanol–water partition coefficient (Wildman–Crippen LogP) is -1.40. The number of rotatable bonds is 4. The summed E-state index contributed by atoms with van der Waals surface area (Å²) in [5, 5.41) is 32.0. The molecule has 0 amide bonds. The molecule has 3 N–H and O–H groups in total. The number of nitrogens with zero attached hydrogens (tertiary/aromatic N) is 4. The van der Waals surface area contributed by atoms with Gasteiger partial charge in [0.25, 0.3) is 5.82 Å². The molecule has 1 aliphatic rings. The van der Waals surface area contributed by atoms with Gasteiger partial charge in [-0.05, 0) is 0 Å². The van der Waals surface area contributed by atoms with Gasteiger partial charge in [0, 0.05) is 6.66 Å². The van der Waals surface area contributed by atoms with E-state index in [2.05, 4.69) is 14.6 Å². The molecule has 110 valence electrons. The van der Waals surface area contributed by atoms with E-state index in [9.17, 15) is 14.8 Å². The summed E-state index contributed by atoms with van der Waals surface area (Å²) in [6.45, 7) is 0.637. The van der Waals surface area contributed by atoms with Gasteiger partial charge in [-0.15, -0.1) is 5.10 Å². The molecule has 0 aliphatic carbocycles. The normalized spacial score (nSPS) is 32.8. The first-order chi connectivity index (χ1) is 9.31. The van der Waals surface area contributed by atoms with Crippen LogP contribution in [0.1, 0.15) is 12.1 Å². The van der Waals surface area contributed by atoms with Crippen LogP contribution in [0.3, 0.4) is 0 Å². The van der Waals surface area contributed by atoms with Crippen molar-refractivity contribution in [3.63, 3.8) is 0 Å². The second-order valence-electron chi connectivity index (χ2n) is 4.31. The van der Waals surface area contributed by atoms with E-state index in [0.717, 1.165) is 11.3 Å². The van der Waals surface area contributed by atoms with Crippen LogP contribution in [0.25, 0.3) is 0 Å². The third-order valence-electron chi connectivity index (χ3n) is 2.68. The van der Waals surface area contributed by atoms with Crippen molar-refractivity contribution in [1.82, 2.24) is 14.8 Å². The minimum atomic E-state index is -3.71. The van der Waals surface area contributed by atoms with E-state index in [1.165, 1.54) is 6.33 Å². The fourth-order valence-electron chi connectivity index (χ4n) is 1.75. The standard InChI is InChI=1S/C9H13N4O6P/c1-20(16,17)18-3-5-7(14)8(15)9(19-5)13-4-11-6(2-10)12-13/h4-5,7-9,14-15H,3H2,1H3,(H,16,17)/t5-,7+,8?,9-/m1/s1. The Morgan fingerprint density at radius 3 is 2.85 bits per heavy atom. The first kappa shape index (κ1) is 15.1. The number of aromatic nitrogens is 3. The highest BCUT2D eigenvalue weighted by Crippen LogP contribution is 2.38. The molecule has 0 bridgehead atoms. The predicted molar refractivity (Wildman–Crippen MR) is 62.4 cm³/mol. The van der Waals surface area contributed by atoms with Gasteiger partial charge in [0.15, 0.2) is 6.23 Å². The van der Waals surface area contributed by atoms with Crippen LogP contribution >= 0.6 is 7.60 Å². The van der Waals surface area contributed by atoms with E-state index >= 15 is 0 Å². The van der Waals surface area contributed by atoms with Gasteiger partial charge in [-0.25, -0.2) is 9.67 Å². The lowest BCUT2D eigenvalue weighted by atomic mass is 10.1. The summed E-state index contributed by atoms with van der Waals surface area (Å²) in [6, 6.07) is 1.72. The molecule has 2 unspecified atom stereocenters. The molecule has 5 atom stereocenters. The summed E-state index contributed by atoms with van der Waals surface area (Å²) in [5.74, 6) is -0.108. The SMILES string of the molecule is CP(=O)(O)OC[C@H]1O[C@@H](n2cnc(C#N)n2)C(O)[C@H]1O. The average molecular weight is 304 g/mol. The molecule has 1 saturated heterocycles. The summed E-state index contributed by atoms with van der Waals surface area (Å²) in [4.78, 5) is 12.7. The fraction of sp³-hybridized carbons (Fsp3) is 0.667. The van der Waals surface area contributed by atoms with Crippen molar-refractivity contribution >= 4 is 7.60 Å². The Hall–Kier alpha value is -1.34. The van der Waals surface area contributed by atoms with E-state index in [-0.39, 0.29) is 12.4 Å². The van der Waals surface area contributed by atoms with E-state index in [4.69, 9.17) is 14.9 Å². The van der Waals surface area contributed by atoms with Crippen LogP contribution in [-0.2, 0) is 13.8 Å². The maximum Gasteiger partial charge on any atom is 0.325 e. The van der Waals surface area contributed by atoms with Crippen LogP contribution in [0.15, 0.2) is 6.33 Å². The van der Waals surface area contributed by atoms with Crippen LogP contribution in [0, 0.1) is 11.3 Å². The van der Waals surface area contributed by atoms with E-state index in [1.54, 1.807) is 6.07 Å². The molecule has 1 aromatic heterocycles. The van der Waals surface area contributed by atoms with Crippen molar-refractivity contribution in [3.8, 4) is 6.07 Å². The van der Waals surface area contributed by atoms with E-state index in [1.807, 2.05) is 0 Å². The van der Waals surface area contributed by atoms with Gasteiger partial charge in [-0.1, -0.05) is 0 Å². The number of aliphatic hydroxyl groups is 2. The number of ether oxygens (including phenoxy) is 1. The van der Waals surface area contributed by atoms with Gasteiger partial charge >= 0.3 is 7.60 Å². The second-order valence-corrected chi connectivity index (χ2v) is 6.17. The minimum Gasteiger partial charge on any atom is -0.387 e. The molecule has 0 radical (unpaired) electrons. The smallest absolute Gasteiger partial charge is 0.325 e. The largest absolute Gasteiger partial charge is 0.387 e. The Bertz CT molecular complexity index is 565. The maximum absolute atomic E-state index is 11.0. The summed E-state index contributed by atoms with van der Waals surface area (Å²) in [6.07, 6.45) is -3.51. The van der Waals surface area contributed by atoms with Gasteiger partial charge in [0.05, 0.1) is 6.61 Å². The maximum atomic E-state index is 11.0. The van der Waals surface area contributed by atoms with Crippen molar-refractivity contribution in [1.29, 1.82) is 5.26 Å². The Morgan fingerprint density at radius 2 is 2.30 bits per heavy atom. The molecule has 0 saturated carbocycles. The van der Waals surface area contributed by atoms with Gasteiger partial charge < -0.3 is 24.4 Å². The van der Waals surface area contributed by atoms with E-state index in [0.29, 0.717) is 0 Å². The van der Waals surface area contributed by atoms with Crippen LogP contribution < -0.4 is 0 Å². The van der Waals surface area contributed by atoms with Gasteiger partial charge in [0.1, 0.15) is 30.7 Å². The highest BCUT2D eigenvalue weighted by molar-refractivity contribution is 7.51. The van der Waals surface area contributed by atoms with Crippen molar-refractivity contribution in [2.75, 3.05) is 13.3 Å².